The summed E-state index contributed by atoms with van der Waals surface area (Å²) < 4.78 is 0. The molecule has 2 heteroatoms. The zero-order valence-corrected chi connectivity index (χ0v) is 7.95. The fourth-order valence-electron chi connectivity index (χ4n) is 1.55. The molecule has 0 unspecified atom stereocenters. The lowest BCUT2D eigenvalue weighted by atomic mass is 10.0. The summed E-state index contributed by atoms with van der Waals surface area (Å²) in [6, 6.07) is 4.59. The van der Waals surface area contributed by atoms with Gasteiger partial charge in [-0.25, -0.2) is 0 Å². The number of hydrogen-bond acceptors (Lipinski definition) is 2. The van der Waals surface area contributed by atoms with Gasteiger partial charge in [0.15, 0.2) is 0 Å². The van der Waals surface area contributed by atoms with E-state index >= 15 is 0 Å². The maximum Gasteiger partial charge on any atom is 0.0918 e. The molecule has 1 aromatic heterocycles. The standard InChI is InChI=1S/C10H11NS/c1-2-8-3-6-12-9(8)10(7-11)4-5-10/h3,6H,2,4-5H2,1H3. The first-order valence-corrected chi connectivity index (χ1v) is 5.18. The van der Waals surface area contributed by atoms with Gasteiger partial charge in [0.05, 0.1) is 11.5 Å². The van der Waals surface area contributed by atoms with Crippen LogP contribution in [-0.4, -0.2) is 0 Å². The summed E-state index contributed by atoms with van der Waals surface area (Å²) in [5.74, 6) is 0. The van der Waals surface area contributed by atoms with Crippen molar-refractivity contribution in [3.05, 3.63) is 21.9 Å². The summed E-state index contributed by atoms with van der Waals surface area (Å²) in [7, 11) is 0. The van der Waals surface area contributed by atoms with Crippen molar-refractivity contribution in [2.75, 3.05) is 0 Å². The van der Waals surface area contributed by atoms with Gasteiger partial charge in [0.25, 0.3) is 0 Å². The van der Waals surface area contributed by atoms with Crippen molar-refractivity contribution in [1.29, 1.82) is 5.26 Å². The van der Waals surface area contributed by atoms with E-state index in [1.54, 1.807) is 11.3 Å². The number of nitrogens with zero attached hydrogens (tertiary/aromatic N) is 1. The molecular formula is C10H11NS. The van der Waals surface area contributed by atoms with Gasteiger partial charge in [0, 0.05) is 4.88 Å². The first-order chi connectivity index (χ1) is 5.82. The van der Waals surface area contributed by atoms with E-state index in [1.165, 1.54) is 10.4 Å². The molecule has 1 heterocycles. The van der Waals surface area contributed by atoms with E-state index < -0.39 is 0 Å². The molecular weight excluding hydrogens is 166 g/mol. The van der Waals surface area contributed by atoms with Gasteiger partial charge >= 0.3 is 0 Å². The van der Waals surface area contributed by atoms with Crippen molar-refractivity contribution < 1.29 is 0 Å². The highest BCUT2D eigenvalue weighted by molar-refractivity contribution is 7.10. The van der Waals surface area contributed by atoms with Crippen molar-refractivity contribution in [3.63, 3.8) is 0 Å². The number of nitriles is 1. The van der Waals surface area contributed by atoms with E-state index in [1.807, 2.05) is 0 Å². The molecule has 1 aromatic rings. The molecule has 0 N–H and O–H groups in total. The highest BCUT2D eigenvalue weighted by atomic mass is 32.1. The van der Waals surface area contributed by atoms with Gasteiger partial charge in [0.2, 0.25) is 0 Å². The van der Waals surface area contributed by atoms with Crippen LogP contribution in [-0.2, 0) is 11.8 Å². The van der Waals surface area contributed by atoms with Crippen molar-refractivity contribution >= 4 is 11.3 Å². The van der Waals surface area contributed by atoms with Crippen LogP contribution in [0.25, 0.3) is 0 Å². The minimum atomic E-state index is -0.0699. The Bertz CT molecular complexity index is 328. The molecule has 1 saturated carbocycles. The van der Waals surface area contributed by atoms with Gasteiger partial charge in [-0.15, -0.1) is 11.3 Å². The molecule has 0 saturated heterocycles. The second-order valence-corrected chi connectivity index (χ2v) is 4.24. The van der Waals surface area contributed by atoms with Crippen molar-refractivity contribution in [1.82, 2.24) is 0 Å². The monoisotopic (exact) mass is 177 g/mol. The van der Waals surface area contributed by atoms with E-state index in [9.17, 15) is 0 Å². The summed E-state index contributed by atoms with van der Waals surface area (Å²) in [6.45, 7) is 2.15. The van der Waals surface area contributed by atoms with Crippen LogP contribution in [0.1, 0.15) is 30.2 Å². The average Bonchev–Trinajstić information content (AvgIpc) is 2.76. The molecule has 0 spiro atoms. The van der Waals surface area contributed by atoms with E-state index in [0.29, 0.717) is 0 Å². The lowest BCUT2D eigenvalue weighted by molar-refractivity contribution is 0.909. The van der Waals surface area contributed by atoms with Crippen molar-refractivity contribution in [2.24, 2.45) is 0 Å². The molecule has 0 amide bonds. The largest absolute Gasteiger partial charge is 0.197 e. The first kappa shape index (κ1) is 7.82. The minimum Gasteiger partial charge on any atom is -0.197 e. The maximum absolute atomic E-state index is 9.00. The third kappa shape index (κ3) is 0.971. The fourth-order valence-corrected chi connectivity index (χ4v) is 2.76. The Morgan fingerprint density at radius 1 is 1.67 bits per heavy atom. The second kappa shape index (κ2) is 2.60. The summed E-state index contributed by atoms with van der Waals surface area (Å²) in [4.78, 5) is 1.33. The number of thiophene rings is 1. The zero-order chi connectivity index (χ0) is 8.60. The molecule has 1 aliphatic carbocycles. The number of rotatable bonds is 2. The van der Waals surface area contributed by atoms with Crippen molar-refractivity contribution in [2.45, 2.75) is 31.6 Å². The van der Waals surface area contributed by atoms with Gasteiger partial charge in [0.1, 0.15) is 0 Å². The Hall–Kier alpha value is -0.810. The van der Waals surface area contributed by atoms with Crippen LogP contribution < -0.4 is 0 Å². The fraction of sp³-hybridized carbons (Fsp3) is 0.500. The van der Waals surface area contributed by atoms with Gasteiger partial charge in [-0.1, -0.05) is 6.92 Å². The Morgan fingerprint density at radius 2 is 2.42 bits per heavy atom. The Labute approximate surface area is 76.6 Å². The van der Waals surface area contributed by atoms with Crippen LogP contribution in [0, 0.1) is 11.3 Å². The molecule has 2 rings (SSSR count). The topological polar surface area (TPSA) is 23.8 Å². The Kier molecular flexibility index (Phi) is 1.69. The summed E-state index contributed by atoms with van der Waals surface area (Å²) in [5.41, 5.74) is 1.30. The van der Waals surface area contributed by atoms with Gasteiger partial charge in [-0.2, -0.15) is 5.26 Å². The molecule has 1 aliphatic rings. The minimum absolute atomic E-state index is 0.0699. The molecule has 12 heavy (non-hydrogen) atoms. The van der Waals surface area contributed by atoms with Crippen LogP contribution in [0.2, 0.25) is 0 Å². The molecule has 0 bridgehead atoms. The molecule has 1 nitrogen and oxygen atoms in total. The number of hydrogen-bond donors (Lipinski definition) is 0. The molecule has 0 aromatic carbocycles. The molecule has 0 radical (unpaired) electrons. The lowest BCUT2D eigenvalue weighted by Crippen LogP contribution is -2.02. The van der Waals surface area contributed by atoms with Gasteiger partial charge < -0.3 is 0 Å². The number of aryl methyl sites for hydroxylation is 1. The third-order valence-corrected chi connectivity index (χ3v) is 3.69. The Balaban J connectivity index is 2.41. The normalized spacial score (nSPS) is 18.7. The highest BCUT2D eigenvalue weighted by Gasteiger charge is 2.46. The van der Waals surface area contributed by atoms with Gasteiger partial charge in [-0.3, -0.25) is 0 Å². The smallest absolute Gasteiger partial charge is 0.0918 e. The molecule has 0 atom stereocenters. The van der Waals surface area contributed by atoms with Crippen LogP contribution in [0.3, 0.4) is 0 Å². The van der Waals surface area contributed by atoms with Crippen LogP contribution in [0.4, 0.5) is 0 Å². The quantitative estimate of drug-likeness (QED) is 0.681. The van der Waals surface area contributed by atoms with Crippen molar-refractivity contribution in [3.8, 4) is 6.07 Å². The van der Waals surface area contributed by atoms with Gasteiger partial charge in [-0.05, 0) is 36.3 Å². The van der Waals surface area contributed by atoms with Crippen LogP contribution in [0.15, 0.2) is 11.4 Å². The zero-order valence-electron chi connectivity index (χ0n) is 7.13. The van der Waals surface area contributed by atoms with E-state index in [0.717, 1.165) is 19.3 Å². The molecule has 0 aliphatic heterocycles. The SMILES string of the molecule is CCc1ccsc1C1(C#N)CC1. The molecule has 62 valence electrons. The predicted octanol–water partition coefficient (Wildman–Crippen LogP) is 2.87. The maximum atomic E-state index is 9.00. The van der Waals surface area contributed by atoms with Crippen LogP contribution >= 0.6 is 11.3 Å². The lowest BCUT2D eigenvalue weighted by Gasteiger charge is -2.04. The summed E-state index contributed by atoms with van der Waals surface area (Å²) in [5, 5.41) is 11.1. The van der Waals surface area contributed by atoms with E-state index in [-0.39, 0.29) is 5.41 Å². The highest BCUT2D eigenvalue weighted by Crippen LogP contribution is 2.50. The molecule has 1 fully saturated rings. The van der Waals surface area contributed by atoms with E-state index in [2.05, 4.69) is 24.4 Å². The van der Waals surface area contributed by atoms with Crippen LogP contribution in [0.5, 0.6) is 0 Å². The first-order valence-electron chi connectivity index (χ1n) is 4.30. The third-order valence-electron chi connectivity index (χ3n) is 2.53. The Morgan fingerprint density at radius 3 is 2.92 bits per heavy atom. The predicted molar refractivity (Wildman–Crippen MR) is 50.2 cm³/mol. The second-order valence-electron chi connectivity index (χ2n) is 3.32. The van der Waals surface area contributed by atoms with E-state index in [4.69, 9.17) is 5.26 Å². The average molecular weight is 177 g/mol. The summed E-state index contributed by atoms with van der Waals surface area (Å²) >= 11 is 1.75. The summed E-state index contributed by atoms with van der Waals surface area (Å²) in [6.07, 6.45) is 3.19.